The van der Waals surface area contributed by atoms with E-state index in [1.807, 2.05) is 17.5 Å². The Hall–Kier alpha value is -1.75. The molecule has 0 saturated heterocycles. The van der Waals surface area contributed by atoms with E-state index in [0.29, 0.717) is 23.3 Å². The van der Waals surface area contributed by atoms with Crippen LogP contribution in [0.2, 0.25) is 0 Å². The van der Waals surface area contributed by atoms with Crippen molar-refractivity contribution in [1.82, 2.24) is 9.97 Å². The maximum absolute atomic E-state index is 13.0. The molecule has 0 atom stereocenters. The van der Waals surface area contributed by atoms with Gasteiger partial charge in [-0.15, -0.1) is 11.3 Å². The van der Waals surface area contributed by atoms with Gasteiger partial charge in [-0.2, -0.15) is 0 Å². The maximum atomic E-state index is 13.0. The van der Waals surface area contributed by atoms with Crippen molar-refractivity contribution in [3.05, 3.63) is 52.0 Å². The highest BCUT2D eigenvalue weighted by Gasteiger charge is 2.09. The predicted octanol–water partition coefficient (Wildman–Crippen LogP) is 3.49. The number of aromatic nitrogens is 2. The van der Waals surface area contributed by atoms with Crippen molar-refractivity contribution in [3.8, 4) is 0 Å². The first-order chi connectivity index (χ1) is 8.22. The van der Waals surface area contributed by atoms with Crippen molar-refractivity contribution < 1.29 is 8.78 Å². The second kappa shape index (κ2) is 3.92. The molecule has 0 amide bonds. The van der Waals surface area contributed by atoms with Crippen LogP contribution in [-0.2, 0) is 6.42 Å². The molecule has 2 aromatic heterocycles. The summed E-state index contributed by atoms with van der Waals surface area (Å²) in [7, 11) is 0. The van der Waals surface area contributed by atoms with Gasteiger partial charge in [-0.3, -0.25) is 0 Å². The van der Waals surface area contributed by atoms with Gasteiger partial charge in [0, 0.05) is 23.4 Å². The van der Waals surface area contributed by atoms with Crippen LogP contribution in [0, 0.1) is 11.6 Å². The summed E-state index contributed by atoms with van der Waals surface area (Å²) >= 11 is 1.63. The van der Waals surface area contributed by atoms with E-state index in [-0.39, 0.29) is 0 Å². The number of hydrogen-bond acceptors (Lipinski definition) is 2. The Labute approximate surface area is 99.9 Å². The van der Waals surface area contributed by atoms with Gasteiger partial charge < -0.3 is 4.98 Å². The van der Waals surface area contributed by atoms with Crippen LogP contribution >= 0.6 is 11.3 Å². The predicted molar refractivity (Wildman–Crippen MR) is 63.1 cm³/mol. The summed E-state index contributed by atoms with van der Waals surface area (Å²) in [6.07, 6.45) is 0.648. The first-order valence-corrected chi connectivity index (χ1v) is 5.96. The maximum Gasteiger partial charge on any atom is 0.161 e. The van der Waals surface area contributed by atoms with E-state index in [1.54, 1.807) is 11.3 Å². The fourth-order valence-corrected chi connectivity index (χ4v) is 2.43. The molecule has 0 spiro atoms. The monoisotopic (exact) mass is 250 g/mol. The Morgan fingerprint density at radius 3 is 2.82 bits per heavy atom. The molecule has 5 heteroatoms. The Balaban J connectivity index is 2.02. The summed E-state index contributed by atoms with van der Waals surface area (Å²) in [5.74, 6) is -1.01. The summed E-state index contributed by atoms with van der Waals surface area (Å²) in [4.78, 5) is 8.38. The molecule has 0 bridgehead atoms. The molecular weight excluding hydrogens is 242 g/mol. The van der Waals surface area contributed by atoms with Crippen molar-refractivity contribution in [2.75, 3.05) is 0 Å². The average Bonchev–Trinajstić information content (AvgIpc) is 2.89. The number of aromatic amines is 1. The van der Waals surface area contributed by atoms with Gasteiger partial charge in [0.25, 0.3) is 0 Å². The largest absolute Gasteiger partial charge is 0.342 e. The second-order valence-corrected chi connectivity index (χ2v) is 4.76. The van der Waals surface area contributed by atoms with Crippen LogP contribution in [0.4, 0.5) is 8.78 Å². The lowest BCUT2D eigenvalue weighted by atomic mass is 10.3. The minimum atomic E-state index is -0.869. The van der Waals surface area contributed by atoms with Crippen LogP contribution in [0.3, 0.4) is 0 Å². The van der Waals surface area contributed by atoms with E-state index >= 15 is 0 Å². The topological polar surface area (TPSA) is 28.7 Å². The van der Waals surface area contributed by atoms with Crippen LogP contribution < -0.4 is 0 Å². The van der Waals surface area contributed by atoms with Crippen molar-refractivity contribution in [2.24, 2.45) is 0 Å². The number of hydrogen-bond donors (Lipinski definition) is 1. The normalized spacial score (nSPS) is 11.2. The van der Waals surface area contributed by atoms with E-state index in [4.69, 9.17) is 0 Å². The number of fused-ring (bicyclic) bond motifs is 1. The highest BCUT2D eigenvalue weighted by Crippen LogP contribution is 2.19. The minimum absolute atomic E-state index is 0.454. The Kier molecular flexibility index (Phi) is 2.40. The van der Waals surface area contributed by atoms with Crippen molar-refractivity contribution in [1.29, 1.82) is 0 Å². The minimum Gasteiger partial charge on any atom is -0.342 e. The molecule has 0 aliphatic rings. The quantitative estimate of drug-likeness (QED) is 0.741. The molecule has 0 fully saturated rings. The molecule has 0 unspecified atom stereocenters. The van der Waals surface area contributed by atoms with E-state index in [1.165, 1.54) is 0 Å². The van der Waals surface area contributed by atoms with Crippen LogP contribution in [-0.4, -0.2) is 9.97 Å². The lowest BCUT2D eigenvalue weighted by Gasteiger charge is -1.91. The van der Waals surface area contributed by atoms with E-state index < -0.39 is 11.6 Å². The Bertz CT molecular complexity index is 620. The summed E-state index contributed by atoms with van der Waals surface area (Å²) in [5, 5.41) is 1.98. The lowest BCUT2D eigenvalue weighted by molar-refractivity contribution is 0.510. The van der Waals surface area contributed by atoms with Crippen molar-refractivity contribution in [3.63, 3.8) is 0 Å². The number of thiophene rings is 1. The molecule has 0 aliphatic heterocycles. The van der Waals surface area contributed by atoms with Crippen LogP contribution in [0.25, 0.3) is 11.0 Å². The SMILES string of the molecule is Fc1cc2nc(Cc3cccs3)[nH]c2cc1F. The van der Waals surface area contributed by atoms with Crippen LogP contribution in [0.5, 0.6) is 0 Å². The second-order valence-electron chi connectivity index (χ2n) is 3.72. The molecule has 3 aromatic rings. The third kappa shape index (κ3) is 1.93. The van der Waals surface area contributed by atoms with Gasteiger partial charge in [0.1, 0.15) is 5.82 Å². The number of nitrogens with one attached hydrogen (secondary N) is 1. The Morgan fingerprint density at radius 1 is 1.24 bits per heavy atom. The van der Waals surface area contributed by atoms with E-state index in [2.05, 4.69) is 9.97 Å². The van der Waals surface area contributed by atoms with Crippen LogP contribution in [0.1, 0.15) is 10.7 Å². The molecule has 86 valence electrons. The van der Waals surface area contributed by atoms with Gasteiger partial charge >= 0.3 is 0 Å². The first kappa shape index (κ1) is 10.4. The number of benzene rings is 1. The zero-order chi connectivity index (χ0) is 11.8. The first-order valence-electron chi connectivity index (χ1n) is 5.08. The fraction of sp³-hybridized carbons (Fsp3) is 0.0833. The van der Waals surface area contributed by atoms with E-state index in [0.717, 1.165) is 17.0 Å². The molecule has 2 nitrogen and oxygen atoms in total. The van der Waals surface area contributed by atoms with Gasteiger partial charge in [-0.1, -0.05) is 6.07 Å². The summed E-state index contributed by atoms with van der Waals surface area (Å²) in [6.45, 7) is 0. The standard InChI is InChI=1S/C12H8F2N2S/c13-8-5-10-11(6-9(8)14)16-12(15-10)4-7-2-1-3-17-7/h1-3,5-6H,4H2,(H,15,16). The highest BCUT2D eigenvalue weighted by molar-refractivity contribution is 7.09. The molecule has 1 N–H and O–H groups in total. The number of imidazole rings is 1. The molecule has 0 aliphatic carbocycles. The fourth-order valence-electron chi connectivity index (χ4n) is 1.72. The average molecular weight is 250 g/mol. The molecular formula is C12H8F2N2S. The molecule has 1 aromatic carbocycles. The lowest BCUT2D eigenvalue weighted by Crippen LogP contribution is -1.86. The summed E-state index contributed by atoms with van der Waals surface area (Å²) in [6, 6.07) is 6.20. The third-order valence-corrected chi connectivity index (χ3v) is 3.37. The van der Waals surface area contributed by atoms with Gasteiger partial charge in [0.2, 0.25) is 0 Å². The molecule has 2 heterocycles. The Morgan fingerprint density at radius 2 is 2.06 bits per heavy atom. The molecule has 17 heavy (non-hydrogen) atoms. The zero-order valence-corrected chi connectivity index (χ0v) is 9.52. The molecule has 0 saturated carbocycles. The zero-order valence-electron chi connectivity index (χ0n) is 8.71. The van der Waals surface area contributed by atoms with Gasteiger partial charge in [0.05, 0.1) is 11.0 Å². The molecule has 0 radical (unpaired) electrons. The summed E-state index contributed by atoms with van der Waals surface area (Å²) in [5.41, 5.74) is 0.978. The van der Waals surface area contributed by atoms with Crippen molar-refractivity contribution in [2.45, 2.75) is 6.42 Å². The van der Waals surface area contributed by atoms with Crippen molar-refractivity contribution >= 4 is 22.4 Å². The van der Waals surface area contributed by atoms with Gasteiger partial charge in [-0.25, -0.2) is 13.8 Å². The highest BCUT2D eigenvalue weighted by atomic mass is 32.1. The van der Waals surface area contributed by atoms with Crippen LogP contribution in [0.15, 0.2) is 29.6 Å². The van der Waals surface area contributed by atoms with E-state index in [9.17, 15) is 8.78 Å². The number of nitrogens with zero attached hydrogens (tertiary/aromatic N) is 1. The number of halogens is 2. The molecule has 3 rings (SSSR count). The number of H-pyrrole nitrogens is 1. The van der Waals surface area contributed by atoms with Gasteiger partial charge in [0.15, 0.2) is 11.6 Å². The smallest absolute Gasteiger partial charge is 0.161 e. The third-order valence-electron chi connectivity index (χ3n) is 2.49. The number of rotatable bonds is 2. The van der Waals surface area contributed by atoms with Gasteiger partial charge in [-0.05, 0) is 11.4 Å². The summed E-state index contributed by atoms with van der Waals surface area (Å²) < 4.78 is 26.0.